The fourth-order valence-corrected chi connectivity index (χ4v) is 2.13. The molecule has 2 fully saturated rings. The minimum Gasteiger partial charge on any atom is -0.299 e. The summed E-state index contributed by atoms with van der Waals surface area (Å²) in [4.78, 5) is 0.647. The van der Waals surface area contributed by atoms with Crippen LogP contribution < -0.4 is 0 Å². The van der Waals surface area contributed by atoms with Gasteiger partial charge in [0, 0.05) is 19.1 Å². The van der Waals surface area contributed by atoms with Gasteiger partial charge in [-0.05, 0) is 31.6 Å². The fraction of sp³-hybridized carbons (Fsp3) is 1.00. The smallest absolute Gasteiger partial charge is 0.299 e. The summed E-state index contributed by atoms with van der Waals surface area (Å²) in [6, 6.07) is 0.424. The van der Waals surface area contributed by atoms with Gasteiger partial charge >= 0.3 is 6.18 Å². The SMILES string of the molecule is FC(F)(F)C(Br)CN(CC1CC1)C1CC1. The minimum atomic E-state index is -4.11. The summed E-state index contributed by atoms with van der Waals surface area (Å²) in [5.41, 5.74) is 0. The van der Waals surface area contributed by atoms with Crippen LogP contribution in [0.3, 0.4) is 0 Å². The first kappa shape index (κ1) is 11.7. The molecule has 2 rings (SSSR count). The van der Waals surface area contributed by atoms with Crippen molar-refractivity contribution in [3.8, 4) is 0 Å². The van der Waals surface area contributed by atoms with Crippen LogP contribution in [-0.2, 0) is 0 Å². The molecule has 88 valence electrons. The molecule has 5 heteroatoms. The first-order valence-electron chi connectivity index (χ1n) is 5.41. The molecule has 0 aromatic rings. The summed E-state index contributed by atoms with van der Waals surface area (Å²) >= 11 is 2.74. The van der Waals surface area contributed by atoms with Crippen molar-refractivity contribution in [2.24, 2.45) is 5.92 Å². The van der Waals surface area contributed by atoms with Gasteiger partial charge in [-0.25, -0.2) is 0 Å². The van der Waals surface area contributed by atoms with Gasteiger partial charge in [0.25, 0.3) is 0 Å². The number of halogens is 4. The van der Waals surface area contributed by atoms with Crippen molar-refractivity contribution in [2.75, 3.05) is 13.1 Å². The van der Waals surface area contributed by atoms with E-state index in [2.05, 4.69) is 15.9 Å². The van der Waals surface area contributed by atoms with E-state index in [9.17, 15) is 13.2 Å². The van der Waals surface area contributed by atoms with E-state index in [0.29, 0.717) is 12.0 Å². The van der Waals surface area contributed by atoms with E-state index in [-0.39, 0.29) is 6.54 Å². The molecule has 1 unspecified atom stereocenters. The van der Waals surface area contributed by atoms with Gasteiger partial charge in [0.05, 0.1) is 0 Å². The van der Waals surface area contributed by atoms with Crippen LogP contribution in [0, 0.1) is 5.92 Å². The van der Waals surface area contributed by atoms with E-state index >= 15 is 0 Å². The van der Waals surface area contributed by atoms with Crippen molar-refractivity contribution in [3.63, 3.8) is 0 Å². The maximum Gasteiger partial charge on any atom is 0.402 e. The zero-order chi connectivity index (χ0) is 11.1. The van der Waals surface area contributed by atoms with Gasteiger partial charge in [-0.2, -0.15) is 13.2 Å². The lowest BCUT2D eigenvalue weighted by molar-refractivity contribution is -0.130. The van der Waals surface area contributed by atoms with Gasteiger partial charge in [-0.1, -0.05) is 15.9 Å². The summed E-state index contributed by atoms with van der Waals surface area (Å²) in [5.74, 6) is 0.665. The van der Waals surface area contributed by atoms with E-state index in [1.807, 2.05) is 4.90 Å². The Bertz CT molecular complexity index is 223. The number of nitrogens with zero attached hydrogens (tertiary/aromatic N) is 1. The quantitative estimate of drug-likeness (QED) is 0.702. The zero-order valence-electron chi connectivity index (χ0n) is 8.43. The highest BCUT2D eigenvalue weighted by Crippen LogP contribution is 2.36. The van der Waals surface area contributed by atoms with Crippen molar-refractivity contribution >= 4 is 15.9 Å². The normalized spacial score (nSPS) is 24.6. The largest absolute Gasteiger partial charge is 0.402 e. The highest BCUT2D eigenvalue weighted by Gasteiger charge is 2.42. The summed E-state index contributed by atoms with van der Waals surface area (Å²) in [6.45, 7) is 0.980. The van der Waals surface area contributed by atoms with Gasteiger partial charge in [0.15, 0.2) is 0 Å². The number of hydrogen-bond acceptors (Lipinski definition) is 1. The van der Waals surface area contributed by atoms with Gasteiger partial charge in [-0.15, -0.1) is 0 Å². The Morgan fingerprint density at radius 1 is 1.20 bits per heavy atom. The Kier molecular flexibility index (Phi) is 3.31. The molecule has 2 aliphatic rings. The van der Waals surface area contributed by atoms with Gasteiger partial charge < -0.3 is 0 Å². The highest BCUT2D eigenvalue weighted by molar-refractivity contribution is 9.09. The molecule has 1 nitrogen and oxygen atoms in total. The Morgan fingerprint density at radius 3 is 2.20 bits per heavy atom. The molecule has 2 saturated carbocycles. The molecule has 0 aliphatic heterocycles. The van der Waals surface area contributed by atoms with Crippen LogP contribution in [0.5, 0.6) is 0 Å². The Morgan fingerprint density at radius 2 is 1.80 bits per heavy atom. The van der Waals surface area contributed by atoms with Crippen LogP contribution in [0.25, 0.3) is 0 Å². The molecule has 0 aromatic heterocycles. The molecule has 0 spiro atoms. The maximum atomic E-state index is 12.4. The molecule has 1 atom stereocenters. The summed E-state index contributed by atoms with van der Waals surface area (Å²) < 4.78 is 37.1. The fourth-order valence-electron chi connectivity index (χ4n) is 1.75. The average molecular weight is 286 g/mol. The van der Waals surface area contributed by atoms with E-state index in [0.717, 1.165) is 19.4 Å². The van der Waals surface area contributed by atoms with Crippen LogP contribution in [-0.4, -0.2) is 35.0 Å². The first-order valence-corrected chi connectivity index (χ1v) is 6.33. The number of alkyl halides is 4. The van der Waals surface area contributed by atoms with Crippen LogP contribution in [0.2, 0.25) is 0 Å². The number of hydrogen-bond donors (Lipinski definition) is 0. The van der Waals surface area contributed by atoms with Crippen molar-refractivity contribution < 1.29 is 13.2 Å². The lowest BCUT2D eigenvalue weighted by atomic mass is 10.3. The molecule has 0 bridgehead atoms. The molecule has 0 saturated heterocycles. The predicted octanol–water partition coefficient (Wildman–Crippen LogP) is 3.19. The maximum absolute atomic E-state index is 12.4. The minimum absolute atomic E-state index is 0.116. The first-order chi connectivity index (χ1) is 6.97. The average Bonchev–Trinajstić information content (AvgIpc) is 2.97. The van der Waals surface area contributed by atoms with Crippen molar-refractivity contribution in [1.29, 1.82) is 0 Å². The molecule has 15 heavy (non-hydrogen) atoms. The van der Waals surface area contributed by atoms with Crippen molar-refractivity contribution in [2.45, 2.75) is 42.7 Å². The third-order valence-electron chi connectivity index (χ3n) is 3.00. The molecule has 0 aromatic carbocycles. The summed E-state index contributed by atoms with van der Waals surface area (Å²) in [7, 11) is 0. The van der Waals surface area contributed by atoms with E-state index in [4.69, 9.17) is 0 Å². The van der Waals surface area contributed by atoms with Crippen LogP contribution in [0.15, 0.2) is 0 Å². The molecule has 0 amide bonds. The van der Waals surface area contributed by atoms with Gasteiger partial charge in [-0.3, -0.25) is 4.90 Å². The molecular weight excluding hydrogens is 271 g/mol. The topological polar surface area (TPSA) is 3.24 Å². The molecule has 0 radical (unpaired) electrons. The van der Waals surface area contributed by atoms with Gasteiger partial charge in [0.1, 0.15) is 4.83 Å². The number of rotatable bonds is 5. The lowest BCUT2D eigenvalue weighted by Gasteiger charge is -2.25. The van der Waals surface area contributed by atoms with E-state index in [1.165, 1.54) is 12.8 Å². The monoisotopic (exact) mass is 285 g/mol. The molecule has 0 N–H and O–H groups in total. The second-order valence-corrected chi connectivity index (χ2v) is 5.74. The summed E-state index contributed by atoms with van der Waals surface area (Å²) in [5, 5.41) is 0. The third-order valence-corrected chi connectivity index (χ3v) is 3.81. The van der Waals surface area contributed by atoms with Crippen molar-refractivity contribution in [3.05, 3.63) is 0 Å². The van der Waals surface area contributed by atoms with Crippen molar-refractivity contribution in [1.82, 2.24) is 4.90 Å². The third kappa shape index (κ3) is 3.63. The predicted molar refractivity (Wildman–Crippen MR) is 56.1 cm³/mol. The van der Waals surface area contributed by atoms with E-state index < -0.39 is 11.0 Å². The van der Waals surface area contributed by atoms with Crippen LogP contribution in [0.1, 0.15) is 25.7 Å². The Labute approximate surface area is 96.1 Å². The van der Waals surface area contributed by atoms with E-state index in [1.54, 1.807) is 0 Å². The van der Waals surface area contributed by atoms with Crippen LogP contribution in [0.4, 0.5) is 13.2 Å². The van der Waals surface area contributed by atoms with Crippen LogP contribution >= 0.6 is 15.9 Å². The molecule has 2 aliphatic carbocycles. The highest BCUT2D eigenvalue weighted by atomic mass is 79.9. The Hall–Kier alpha value is 0.230. The second kappa shape index (κ2) is 4.24. The zero-order valence-corrected chi connectivity index (χ0v) is 10.0. The second-order valence-electron chi connectivity index (χ2n) is 4.64. The standard InChI is InChI=1S/C10H15BrF3N/c11-9(10(12,13)14)6-15(8-3-4-8)5-7-1-2-7/h7-9H,1-6H2. The molecule has 0 heterocycles. The lowest BCUT2D eigenvalue weighted by Crippen LogP contribution is -2.39. The summed E-state index contributed by atoms with van der Waals surface area (Å²) in [6.07, 6.45) is 0.426. The molecular formula is C10H15BrF3N. The Balaban J connectivity index is 1.82. The van der Waals surface area contributed by atoms with Gasteiger partial charge in [0.2, 0.25) is 0 Å².